The van der Waals surface area contributed by atoms with Crippen LogP contribution in [-0.2, 0) is 0 Å². The summed E-state index contributed by atoms with van der Waals surface area (Å²) >= 11 is 2.12. The molecular formula is C11H23NS. The molecule has 0 saturated heterocycles. The molecule has 0 bridgehead atoms. The van der Waals surface area contributed by atoms with Crippen LogP contribution in [0.1, 0.15) is 45.4 Å². The van der Waals surface area contributed by atoms with Gasteiger partial charge < -0.3 is 5.32 Å². The number of hydrogen-bond acceptors (Lipinski definition) is 2. The monoisotopic (exact) mass is 201 g/mol. The van der Waals surface area contributed by atoms with E-state index in [1.165, 1.54) is 56.6 Å². The summed E-state index contributed by atoms with van der Waals surface area (Å²) in [5.41, 5.74) is 0. The van der Waals surface area contributed by atoms with E-state index in [-0.39, 0.29) is 0 Å². The van der Waals surface area contributed by atoms with Gasteiger partial charge in [-0.3, -0.25) is 0 Å². The number of unbranched alkanes of at least 4 members (excludes halogenated alkanes) is 2. The fourth-order valence-electron chi connectivity index (χ4n) is 1.27. The topological polar surface area (TPSA) is 12.0 Å². The summed E-state index contributed by atoms with van der Waals surface area (Å²) in [5, 5.41) is 3.55. The Bertz CT molecular complexity index is 113. The van der Waals surface area contributed by atoms with Crippen molar-refractivity contribution in [1.29, 1.82) is 0 Å². The summed E-state index contributed by atoms with van der Waals surface area (Å²) in [7, 11) is 0. The van der Waals surface area contributed by atoms with Crippen LogP contribution in [0, 0.1) is 0 Å². The molecule has 0 spiro atoms. The Balaban J connectivity index is 1.63. The predicted molar refractivity (Wildman–Crippen MR) is 62.5 cm³/mol. The molecule has 1 N–H and O–H groups in total. The van der Waals surface area contributed by atoms with E-state index in [2.05, 4.69) is 24.0 Å². The maximum Gasteiger partial charge on any atom is 0.00682 e. The molecule has 2 heteroatoms. The maximum absolute atomic E-state index is 3.55. The lowest BCUT2D eigenvalue weighted by Crippen LogP contribution is -2.17. The molecule has 1 aliphatic rings. The summed E-state index contributed by atoms with van der Waals surface area (Å²) in [4.78, 5) is 0. The number of thioether (sulfide) groups is 1. The standard InChI is InChI=1S/C11H23NS/c1-2-3-9-13-10-5-4-8-12-11-6-7-11/h11-12H,2-10H2,1H3. The van der Waals surface area contributed by atoms with Crippen molar-refractivity contribution in [2.75, 3.05) is 18.1 Å². The number of nitrogens with one attached hydrogen (secondary N) is 1. The molecule has 0 aromatic carbocycles. The second-order valence-electron chi connectivity index (χ2n) is 3.90. The van der Waals surface area contributed by atoms with Crippen molar-refractivity contribution in [3.63, 3.8) is 0 Å². The first-order valence-corrected chi connectivity index (χ1v) is 6.90. The second-order valence-corrected chi connectivity index (χ2v) is 5.13. The largest absolute Gasteiger partial charge is 0.314 e. The lowest BCUT2D eigenvalue weighted by Gasteiger charge is -2.02. The van der Waals surface area contributed by atoms with Gasteiger partial charge in [0, 0.05) is 6.04 Å². The SMILES string of the molecule is CCCCSCCCCNC1CC1. The molecule has 0 atom stereocenters. The molecule has 1 fully saturated rings. The molecule has 0 aromatic heterocycles. The summed E-state index contributed by atoms with van der Waals surface area (Å²) in [6, 6.07) is 0.896. The molecular weight excluding hydrogens is 178 g/mol. The predicted octanol–water partition coefficient (Wildman–Crippen LogP) is 3.05. The molecule has 0 unspecified atom stereocenters. The molecule has 0 aromatic rings. The Labute approximate surface area is 87.1 Å². The van der Waals surface area contributed by atoms with Gasteiger partial charge in [0.25, 0.3) is 0 Å². The molecule has 13 heavy (non-hydrogen) atoms. The van der Waals surface area contributed by atoms with Gasteiger partial charge in [0.15, 0.2) is 0 Å². The average molecular weight is 201 g/mol. The van der Waals surface area contributed by atoms with Crippen LogP contribution in [0.15, 0.2) is 0 Å². The number of rotatable bonds is 9. The molecule has 1 rings (SSSR count). The van der Waals surface area contributed by atoms with E-state index in [9.17, 15) is 0 Å². The molecule has 0 radical (unpaired) electrons. The zero-order valence-corrected chi connectivity index (χ0v) is 9.67. The van der Waals surface area contributed by atoms with E-state index < -0.39 is 0 Å². The first kappa shape index (κ1) is 11.4. The average Bonchev–Trinajstić information content (AvgIpc) is 2.93. The third kappa shape index (κ3) is 7.39. The third-order valence-corrected chi connectivity index (χ3v) is 3.52. The van der Waals surface area contributed by atoms with Crippen LogP contribution in [0.4, 0.5) is 0 Å². The highest BCUT2D eigenvalue weighted by Gasteiger charge is 2.19. The van der Waals surface area contributed by atoms with E-state index in [4.69, 9.17) is 0 Å². The lowest BCUT2D eigenvalue weighted by atomic mass is 10.3. The first-order chi connectivity index (χ1) is 6.43. The minimum Gasteiger partial charge on any atom is -0.314 e. The lowest BCUT2D eigenvalue weighted by molar-refractivity contribution is 0.640. The quantitative estimate of drug-likeness (QED) is 0.575. The molecule has 0 aliphatic heterocycles. The summed E-state index contributed by atoms with van der Waals surface area (Å²) < 4.78 is 0. The van der Waals surface area contributed by atoms with E-state index in [1.807, 2.05) is 0 Å². The first-order valence-electron chi connectivity index (χ1n) is 5.74. The van der Waals surface area contributed by atoms with Crippen LogP contribution in [0.25, 0.3) is 0 Å². The van der Waals surface area contributed by atoms with Crippen molar-refractivity contribution in [2.24, 2.45) is 0 Å². The summed E-state index contributed by atoms with van der Waals surface area (Å²) in [6.45, 7) is 3.51. The Hall–Kier alpha value is 0.310. The molecule has 1 aliphatic carbocycles. The summed E-state index contributed by atoms with van der Waals surface area (Å²) in [6.07, 6.45) is 8.35. The third-order valence-electron chi connectivity index (χ3n) is 2.37. The Morgan fingerprint density at radius 3 is 2.62 bits per heavy atom. The van der Waals surface area contributed by atoms with Gasteiger partial charge in [-0.05, 0) is 50.2 Å². The van der Waals surface area contributed by atoms with Crippen LogP contribution in [0.3, 0.4) is 0 Å². The van der Waals surface area contributed by atoms with Gasteiger partial charge in [0.2, 0.25) is 0 Å². The van der Waals surface area contributed by atoms with Gasteiger partial charge in [-0.1, -0.05) is 13.3 Å². The van der Waals surface area contributed by atoms with Crippen molar-refractivity contribution in [3.8, 4) is 0 Å². The van der Waals surface area contributed by atoms with E-state index in [1.54, 1.807) is 0 Å². The van der Waals surface area contributed by atoms with Crippen LogP contribution in [0.5, 0.6) is 0 Å². The van der Waals surface area contributed by atoms with E-state index >= 15 is 0 Å². The van der Waals surface area contributed by atoms with Crippen molar-refractivity contribution >= 4 is 11.8 Å². The van der Waals surface area contributed by atoms with Crippen molar-refractivity contribution in [2.45, 2.75) is 51.5 Å². The van der Waals surface area contributed by atoms with Gasteiger partial charge in [0.1, 0.15) is 0 Å². The summed E-state index contributed by atoms with van der Waals surface area (Å²) in [5.74, 6) is 2.74. The zero-order valence-electron chi connectivity index (χ0n) is 8.85. The highest BCUT2D eigenvalue weighted by atomic mass is 32.2. The van der Waals surface area contributed by atoms with Crippen molar-refractivity contribution in [1.82, 2.24) is 5.32 Å². The van der Waals surface area contributed by atoms with Crippen LogP contribution in [-0.4, -0.2) is 24.1 Å². The van der Waals surface area contributed by atoms with Gasteiger partial charge >= 0.3 is 0 Å². The Morgan fingerprint density at radius 2 is 1.92 bits per heavy atom. The molecule has 0 heterocycles. The van der Waals surface area contributed by atoms with E-state index in [0.717, 1.165) is 6.04 Å². The highest BCUT2D eigenvalue weighted by molar-refractivity contribution is 7.99. The molecule has 1 nitrogen and oxygen atoms in total. The fourth-order valence-corrected chi connectivity index (χ4v) is 2.38. The number of hydrogen-bond donors (Lipinski definition) is 1. The van der Waals surface area contributed by atoms with Gasteiger partial charge in [0.05, 0.1) is 0 Å². The van der Waals surface area contributed by atoms with Gasteiger partial charge in [-0.25, -0.2) is 0 Å². The molecule has 1 saturated carbocycles. The van der Waals surface area contributed by atoms with E-state index in [0.29, 0.717) is 0 Å². The van der Waals surface area contributed by atoms with Gasteiger partial charge in [-0.15, -0.1) is 0 Å². The molecule has 0 amide bonds. The fraction of sp³-hybridized carbons (Fsp3) is 1.00. The highest BCUT2D eigenvalue weighted by Crippen LogP contribution is 2.18. The van der Waals surface area contributed by atoms with Crippen LogP contribution >= 0.6 is 11.8 Å². The van der Waals surface area contributed by atoms with Crippen molar-refractivity contribution in [3.05, 3.63) is 0 Å². The van der Waals surface area contributed by atoms with Crippen LogP contribution < -0.4 is 5.32 Å². The molecule has 78 valence electrons. The maximum atomic E-state index is 3.55. The smallest absolute Gasteiger partial charge is 0.00682 e. The Morgan fingerprint density at radius 1 is 1.15 bits per heavy atom. The minimum atomic E-state index is 0.896. The minimum absolute atomic E-state index is 0.896. The Kier molecular flexibility index (Phi) is 6.73. The van der Waals surface area contributed by atoms with Crippen LogP contribution in [0.2, 0.25) is 0 Å². The zero-order chi connectivity index (χ0) is 9.36. The normalized spacial score (nSPS) is 16.4. The van der Waals surface area contributed by atoms with Crippen molar-refractivity contribution < 1.29 is 0 Å². The van der Waals surface area contributed by atoms with Gasteiger partial charge in [-0.2, -0.15) is 11.8 Å². The second kappa shape index (κ2) is 7.69.